The van der Waals surface area contributed by atoms with Crippen molar-refractivity contribution in [2.75, 3.05) is 24.0 Å². The predicted octanol–water partition coefficient (Wildman–Crippen LogP) is 3.76. The molecule has 1 heterocycles. The SMILES string of the molecule is Cc1ccc2c(c1)N(S(=O)(=O)c1ccccc1)C[C@H](C(=O)NCCOc1ccc(C)c(C)c1)O2. The summed E-state index contributed by atoms with van der Waals surface area (Å²) < 4.78 is 39.7. The Hall–Kier alpha value is -3.52. The average Bonchev–Trinajstić information content (AvgIpc) is 2.83. The van der Waals surface area contributed by atoms with Crippen LogP contribution in [0, 0.1) is 20.8 Å². The molecule has 34 heavy (non-hydrogen) atoms. The van der Waals surface area contributed by atoms with Crippen LogP contribution >= 0.6 is 0 Å². The van der Waals surface area contributed by atoms with Crippen LogP contribution in [0.1, 0.15) is 16.7 Å². The summed E-state index contributed by atoms with van der Waals surface area (Å²) in [6.45, 7) is 6.34. The van der Waals surface area contributed by atoms with E-state index in [-0.39, 0.29) is 24.6 Å². The molecule has 4 rings (SSSR count). The number of fused-ring (bicyclic) bond motifs is 1. The topological polar surface area (TPSA) is 84.9 Å². The minimum absolute atomic E-state index is 0.127. The normalized spacial score (nSPS) is 15.3. The lowest BCUT2D eigenvalue weighted by atomic mass is 10.1. The highest BCUT2D eigenvalue weighted by Crippen LogP contribution is 2.37. The summed E-state index contributed by atoms with van der Waals surface area (Å²) >= 11 is 0. The summed E-state index contributed by atoms with van der Waals surface area (Å²) in [7, 11) is -3.88. The third kappa shape index (κ3) is 5.02. The quantitative estimate of drug-likeness (QED) is 0.521. The first-order valence-electron chi connectivity index (χ1n) is 11.1. The number of amides is 1. The van der Waals surface area contributed by atoms with E-state index in [9.17, 15) is 13.2 Å². The second kappa shape index (κ2) is 9.77. The Balaban J connectivity index is 1.47. The van der Waals surface area contributed by atoms with Gasteiger partial charge in [0.1, 0.15) is 18.1 Å². The Morgan fingerprint density at radius 3 is 2.53 bits per heavy atom. The molecule has 0 bridgehead atoms. The van der Waals surface area contributed by atoms with E-state index >= 15 is 0 Å². The zero-order chi connectivity index (χ0) is 24.3. The lowest BCUT2D eigenvalue weighted by Gasteiger charge is -2.35. The smallest absolute Gasteiger partial charge is 0.264 e. The van der Waals surface area contributed by atoms with Crippen LogP contribution < -0.4 is 19.1 Å². The number of aryl methyl sites for hydroxylation is 3. The van der Waals surface area contributed by atoms with Gasteiger partial charge in [0.25, 0.3) is 15.9 Å². The van der Waals surface area contributed by atoms with Crippen LogP contribution in [0.5, 0.6) is 11.5 Å². The number of carbonyl (C=O) groups excluding carboxylic acids is 1. The molecule has 1 aliphatic heterocycles. The number of benzene rings is 3. The standard InChI is InChI=1S/C26H28N2O5S/c1-18-9-12-24-23(15-18)28(34(30,31)22-7-5-4-6-8-22)17-25(33-24)26(29)27-13-14-32-21-11-10-19(2)20(3)16-21/h4-12,15-16,25H,13-14,17H2,1-3H3,(H,27,29)/t25-/m1/s1. The van der Waals surface area contributed by atoms with Gasteiger partial charge in [0.05, 0.1) is 23.7 Å². The van der Waals surface area contributed by atoms with Gasteiger partial charge in [-0.25, -0.2) is 8.42 Å². The van der Waals surface area contributed by atoms with Crippen LogP contribution in [0.3, 0.4) is 0 Å². The van der Waals surface area contributed by atoms with Crippen LogP contribution in [0.15, 0.2) is 71.6 Å². The summed E-state index contributed by atoms with van der Waals surface area (Å²) in [5.74, 6) is 0.682. The molecular weight excluding hydrogens is 452 g/mol. The lowest BCUT2D eigenvalue weighted by Crippen LogP contribution is -2.51. The zero-order valence-corrected chi connectivity index (χ0v) is 20.3. The second-order valence-electron chi connectivity index (χ2n) is 8.31. The third-order valence-electron chi connectivity index (χ3n) is 5.76. The van der Waals surface area contributed by atoms with Gasteiger partial charge in [-0.2, -0.15) is 0 Å². The Morgan fingerprint density at radius 1 is 1.03 bits per heavy atom. The Labute approximate surface area is 200 Å². The van der Waals surface area contributed by atoms with Crippen molar-refractivity contribution < 1.29 is 22.7 Å². The van der Waals surface area contributed by atoms with Crippen molar-refractivity contribution in [1.82, 2.24) is 5.32 Å². The number of hydrogen-bond acceptors (Lipinski definition) is 5. The van der Waals surface area contributed by atoms with Gasteiger partial charge in [0.2, 0.25) is 0 Å². The fourth-order valence-electron chi connectivity index (χ4n) is 3.71. The molecule has 0 fully saturated rings. The summed E-state index contributed by atoms with van der Waals surface area (Å²) in [5, 5.41) is 2.79. The molecule has 7 nitrogen and oxygen atoms in total. The fourth-order valence-corrected chi connectivity index (χ4v) is 5.19. The van der Waals surface area contributed by atoms with Crippen LogP contribution in [0.25, 0.3) is 0 Å². The first kappa shape index (κ1) is 23.6. The predicted molar refractivity (Wildman–Crippen MR) is 131 cm³/mol. The van der Waals surface area contributed by atoms with Crippen molar-refractivity contribution in [1.29, 1.82) is 0 Å². The van der Waals surface area contributed by atoms with Gasteiger partial charge in [-0.15, -0.1) is 0 Å². The molecule has 1 amide bonds. The maximum Gasteiger partial charge on any atom is 0.264 e. The van der Waals surface area contributed by atoms with Gasteiger partial charge in [0.15, 0.2) is 6.10 Å². The molecule has 0 spiro atoms. The molecule has 178 valence electrons. The molecule has 3 aromatic rings. The molecule has 3 aromatic carbocycles. The molecule has 0 saturated heterocycles. The second-order valence-corrected chi connectivity index (χ2v) is 10.2. The number of sulfonamides is 1. The average molecular weight is 481 g/mol. The molecule has 8 heteroatoms. The van der Waals surface area contributed by atoms with E-state index in [4.69, 9.17) is 9.47 Å². The van der Waals surface area contributed by atoms with Gasteiger partial charge in [-0.1, -0.05) is 30.3 Å². The minimum atomic E-state index is -3.88. The number of ether oxygens (including phenoxy) is 2. The van der Waals surface area contributed by atoms with Crippen LogP contribution in [0.2, 0.25) is 0 Å². The molecule has 0 aromatic heterocycles. The number of hydrogen-bond donors (Lipinski definition) is 1. The maximum absolute atomic E-state index is 13.4. The van der Waals surface area contributed by atoms with Crippen LogP contribution in [-0.4, -0.2) is 40.1 Å². The monoisotopic (exact) mass is 480 g/mol. The first-order chi connectivity index (χ1) is 16.3. The van der Waals surface area contributed by atoms with Crippen molar-refractivity contribution in [3.63, 3.8) is 0 Å². The van der Waals surface area contributed by atoms with Gasteiger partial charge in [0, 0.05) is 0 Å². The highest BCUT2D eigenvalue weighted by molar-refractivity contribution is 7.92. The summed E-state index contributed by atoms with van der Waals surface area (Å²) in [6.07, 6.45) is -0.990. The summed E-state index contributed by atoms with van der Waals surface area (Å²) in [4.78, 5) is 13.0. The highest BCUT2D eigenvalue weighted by atomic mass is 32.2. The molecule has 0 saturated carbocycles. The highest BCUT2D eigenvalue weighted by Gasteiger charge is 2.37. The van der Waals surface area contributed by atoms with E-state index < -0.39 is 22.0 Å². The zero-order valence-electron chi connectivity index (χ0n) is 19.4. The van der Waals surface area contributed by atoms with E-state index in [0.29, 0.717) is 11.4 Å². The lowest BCUT2D eigenvalue weighted by molar-refractivity contribution is -0.127. The first-order valence-corrected chi connectivity index (χ1v) is 12.5. The van der Waals surface area contributed by atoms with Crippen molar-refractivity contribution >= 4 is 21.6 Å². The van der Waals surface area contributed by atoms with Gasteiger partial charge in [-0.05, 0) is 73.9 Å². The molecular formula is C26H28N2O5S. The number of rotatable bonds is 7. The third-order valence-corrected chi connectivity index (χ3v) is 7.55. The fraction of sp³-hybridized carbons (Fsp3) is 0.269. The van der Waals surface area contributed by atoms with Crippen molar-refractivity contribution in [2.45, 2.75) is 31.8 Å². The van der Waals surface area contributed by atoms with Crippen molar-refractivity contribution in [2.24, 2.45) is 0 Å². The number of anilines is 1. The van der Waals surface area contributed by atoms with Crippen LogP contribution in [-0.2, 0) is 14.8 Å². The number of nitrogens with zero attached hydrogens (tertiary/aromatic N) is 1. The van der Waals surface area contributed by atoms with E-state index in [1.54, 1.807) is 42.5 Å². The van der Waals surface area contributed by atoms with E-state index in [0.717, 1.165) is 16.9 Å². The van der Waals surface area contributed by atoms with E-state index in [1.807, 2.05) is 45.0 Å². The van der Waals surface area contributed by atoms with Gasteiger partial charge < -0.3 is 14.8 Å². The molecule has 0 aliphatic carbocycles. The molecule has 0 radical (unpaired) electrons. The molecule has 1 N–H and O–H groups in total. The molecule has 1 aliphatic rings. The molecule has 1 atom stereocenters. The Kier molecular flexibility index (Phi) is 6.79. The van der Waals surface area contributed by atoms with Crippen LogP contribution in [0.4, 0.5) is 5.69 Å². The Bertz CT molecular complexity index is 1290. The van der Waals surface area contributed by atoms with Gasteiger partial charge >= 0.3 is 0 Å². The van der Waals surface area contributed by atoms with Gasteiger partial charge in [-0.3, -0.25) is 9.10 Å². The minimum Gasteiger partial charge on any atom is -0.492 e. The summed E-state index contributed by atoms with van der Waals surface area (Å²) in [5.41, 5.74) is 3.62. The summed E-state index contributed by atoms with van der Waals surface area (Å²) in [6, 6.07) is 19.3. The van der Waals surface area contributed by atoms with Crippen molar-refractivity contribution in [3.05, 3.63) is 83.4 Å². The number of nitrogens with one attached hydrogen (secondary N) is 1. The largest absolute Gasteiger partial charge is 0.492 e. The van der Waals surface area contributed by atoms with E-state index in [1.165, 1.54) is 9.87 Å². The number of carbonyl (C=O) groups is 1. The Morgan fingerprint density at radius 2 is 1.79 bits per heavy atom. The van der Waals surface area contributed by atoms with Crippen molar-refractivity contribution in [3.8, 4) is 11.5 Å². The molecule has 0 unspecified atom stereocenters. The van der Waals surface area contributed by atoms with E-state index in [2.05, 4.69) is 5.32 Å². The maximum atomic E-state index is 13.4.